The highest BCUT2D eigenvalue weighted by Crippen LogP contribution is 2.33. The van der Waals surface area contributed by atoms with Gasteiger partial charge in [0.2, 0.25) is 5.91 Å². The molecule has 0 aromatic carbocycles. The van der Waals surface area contributed by atoms with Crippen LogP contribution in [0.4, 0.5) is 0 Å². The molecule has 0 aromatic heterocycles. The minimum atomic E-state index is -1.10. The molecule has 0 bridgehead atoms. The van der Waals surface area contributed by atoms with Gasteiger partial charge < -0.3 is 4.90 Å². The van der Waals surface area contributed by atoms with Gasteiger partial charge in [-0.2, -0.15) is 0 Å². The summed E-state index contributed by atoms with van der Waals surface area (Å²) < 4.78 is 0. The molecule has 2 fully saturated rings. The van der Waals surface area contributed by atoms with Gasteiger partial charge in [0.05, 0.1) is 14.1 Å². The summed E-state index contributed by atoms with van der Waals surface area (Å²) in [6.45, 7) is 8.05. The fourth-order valence-corrected chi connectivity index (χ4v) is 3.99. The summed E-state index contributed by atoms with van der Waals surface area (Å²) in [5, 5.41) is 0. The van der Waals surface area contributed by atoms with Crippen LogP contribution in [0, 0.1) is 0 Å². The Kier molecular flexibility index (Phi) is 2.30. The fraction of sp³-hybridized carbons (Fsp3) is 0.727. The second kappa shape index (κ2) is 3.23. The Labute approximate surface area is 87.0 Å². The van der Waals surface area contributed by atoms with Crippen molar-refractivity contribution in [3.05, 3.63) is 11.3 Å². The van der Waals surface area contributed by atoms with Crippen LogP contribution in [0.2, 0.25) is 19.6 Å². The van der Waals surface area contributed by atoms with Crippen LogP contribution in [0.3, 0.4) is 0 Å². The molecule has 78 valence electrons. The first-order chi connectivity index (χ1) is 6.47. The lowest BCUT2D eigenvalue weighted by atomic mass is 10.1. The Balaban J connectivity index is 2.18. The molecule has 0 aliphatic carbocycles. The SMILES string of the molecule is C[Si](C)(C)/C=C1\CCN2C(=O)CCC12. The third-order valence-corrected chi connectivity index (χ3v) is 4.25. The summed E-state index contributed by atoms with van der Waals surface area (Å²) >= 11 is 0. The van der Waals surface area contributed by atoms with E-state index in [4.69, 9.17) is 0 Å². The molecule has 2 saturated heterocycles. The van der Waals surface area contributed by atoms with Gasteiger partial charge in [0, 0.05) is 13.0 Å². The number of carbonyl (C=O) groups is 1. The summed E-state index contributed by atoms with van der Waals surface area (Å²) in [4.78, 5) is 13.6. The summed E-state index contributed by atoms with van der Waals surface area (Å²) in [5.41, 5.74) is 4.05. The lowest BCUT2D eigenvalue weighted by Crippen LogP contribution is -2.28. The molecule has 0 spiro atoms. The molecule has 2 aliphatic rings. The second-order valence-electron chi connectivity index (χ2n) is 5.48. The van der Waals surface area contributed by atoms with E-state index in [0.29, 0.717) is 11.9 Å². The Morgan fingerprint density at radius 1 is 1.36 bits per heavy atom. The van der Waals surface area contributed by atoms with E-state index in [0.717, 1.165) is 25.8 Å². The highest BCUT2D eigenvalue weighted by Gasteiger charge is 2.38. The molecule has 1 amide bonds. The van der Waals surface area contributed by atoms with Gasteiger partial charge in [-0.3, -0.25) is 4.79 Å². The monoisotopic (exact) mass is 209 g/mol. The van der Waals surface area contributed by atoms with Crippen molar-refractivity contribution in [1.29, 1.82) is 0 Å². The van der Waals surface area contributed by atoms with Crippen molar-refractivity contribution >= 4 is 14.0 Å². The van der Waals surface area contributed by atoms with Gasteiger partial charge in [0.15, 0.2) is 0 Å². The maximum Gasteiger partial charge on any atom is 0.223 e. The molecule has 2 heterocycles. The third kappa shape index (κ3) is 1.78. The van der Waals surface area contributed by atoms with Crippen molar-refractivity contribution in [3.63, 3.8) is 0 Å². The zero-order valence-electron chi connectivity index (χ0n) is 9.34. The fourth-order valence-electron chi connectivity index (χ4n) is 2.54. The molecule has 2 nitrogen and oxygen atoms in total. The molecule has 2 rings (SSSR count). The van der Waals surface area contributed by atoms with E-state index in [1.807, 2.05) is 0 Å². The molecule has 0 saturated carbocycles. The lowest BCUT2D eigenvalue weighted by molar-refractivity contribution is -0.127. The normalized spacial score (nSPS) is 30.2. The third-order valence-electron chi connectivity index (χ3n) is 3.02. The maximum atomic E-state index is 11.5. The van der Waals surface area contributed by atoms with Gasteiger partial charge in [0.25, 0.3) is 0 Å². The largest absolute Gasteiger partial charge is 0.336 e. The molecule has 0 radical (unpaired) electrons. The minimum absolute atomic E-state index is 0.369. The van der Waals surface area contributed by atoms with E-state index in [9.17, 15) is 4.79 Å². The van der Waals surface area contributed by atoms with Crippen LogP contribution < -0.4 is 0 Å². The Hall–Kier alpha value is -0.573. The van der Waals surface area contributed by atoms with E-state index < -0.39 is 8.07 Å². The van der Waals surface area contributed by atoms with Crippen LogP contribution in [0.15, 0.2) is 11.3 Å². The average molecular weight is 209 g/mol. The van der Waals surface area contributed by atoms with Crippen LogP contribution in [0.1, 0.15) is 19.3 Å². The summed E-state index contributed by atoms with van der Waals surface area (Å²) in [6, 6.07) is 0.481. The molecule has 2 aliphatic heterocycles. The Bertz CT molecular complexity index is 290. The number of rotatable bonds is 1. The standard InChI is InChI=1S/C11H19NOSi/c1-14(2,3)8-9-6-7-12-10(9)4-5-11(12)13/h8,10H,4-7H2,1-3H3/b9-8+. The van der Waals surface area contributed by atoms with Gasteiger partial charge in [-0.05, 0) is 12.8 Å². The number of fused-ring (bicyclic) bond motifs is 1. The van der Waals surface area contributed by atoms with E-state index in [1.54, 1.807) is 5.57 Å². The van der Waals surface area contributed by atoms with Crippen LogP contribution in [-0.4, -0.2) is 31.5 Å². The topological polar surface area (TPSA) is 20.3 Å². The molecule has 14 heavy (non-hydrogen) atoms. The van der Waals surface area contributed by atoms with Crippen LogP contribution in [-0.2, 0) is 4.79 Å². The van der Waals surface area contributed by atoms with Crippen molar-refractivity contribution in [1.82, 2.24) is 4.90 Å². The lowest BCUT2D eigenvalue weighted by Gasteiger charge is -2.17. The van der Waals surface area contributed by atoms with Crippen molar-refractivity contribution in [3.8, 4) is 0 Å². The van der Waals surface area contributed by atoms with Gasteiger partial charge in [-0.1, -0.05) is 30.9 Å². The molecular formula is C11H19NOSi. The van der Waals surface area contributed by atoms with E-state index in [1.165, 1.54) is 0 Å². The van der Waals surface area contributed by atoms with Crippen molar-refractivity contribution in [2.24, 2.45) is 0 Å². The molecule has 1 atom stereocenters. The van der Waals surface area contributed by atoms with Gasteiger partial charge in [-0.15, -0.1) is 0 Å². The van der Waals surface area contributed by atoms with Crippen LogP contribution >= 0.6 is 0 Å². The van der Waals surface area contributed by atoms with Gasteiger partial charge >= 0.3 is 0 Å². The van der Waals surface area contributed by atoms with Gasteiger partial charge in [0.1, 0.15) is 0 Å². The first kappa shape index (κ1) is 9.96. The van der Waals surface area contributed by atoms with E-state index in [-0.39, 0.29) is 0 Å². The predicted octanol–water partition coefficient (Wildman–Crippen LogP) is 2.18. The second-order valence-corrected chi connectivity index (χ2v) is 10.5. The Morgan fingerprint density at radius 3 is 2.71 bits per heavy atom. The average Bonchev–Trinajstić information content (AvgIpc) is 2.55. The molecule has 0 aromatic rings. The van der Waals surface area contributed by atoms with Crippen molar-refractivity contribution in [2.75, 3.05) is 6.54 Å². The van der Waals surface area contributed by atoms with E-state index in [2.05, 4.69) is 30.2 Å². The minimum Gasteiger partial charge on any atom is -0.336 e. The van der Waals surface area contributed by atoms with Crippen molar-refractivity contribution in [2.45, 2.75) is 44.9 Å². The van der Waals surface area contributed by atoms with Crippen molar-refractivity contribution < 1.29 is 4.79 Å². The van der Waals surface area contributed by atoms with Crippen LogP contribution in [0.25, 0.3) is 0 Å². The maximum absolute atomic E-state index is 11.5. The molecule has 3 heteroatoms. The molecule has 0 N–H and O–H groups in total. The summed E-state index contributed by atoms with van der Waals surface area (Å²) in [7, 11) is -1.10. The first-order valence-electron chi connectivity index (χ1n) is 5.48. The number of hydrogen-bond donors (Lipinski definition) is 0. The zero-order valence-corrected chi connectivity index (χ0v) is 10.3. The quantitative estimate of drug-likeness (QED) is 0.606. The number of amides is 1. The number of carbonyl (C=O) groups excluding carboxylic acids is 1. The van der Waals surface area contributed by atoms with Crippen LogP contribution in [0.5, 0.6) is 0 Å². The highest BCUT2D eigenvalue weighted by atomic mass is 28.3. The van der Waals surface area contributed by atoms with E-state index >= 15 is 0 Å². The molecular weight excluding hydrogens is 190 g/mol. The Morgan fingerprint density at radius 2 is 2.07 bits per heavy atom. The first-order valence-corrected chi connectivity index (χ1v) is 9.06. The summed E-state index contributed by atoms with van der Waals surface area (Å²) in [6.07, 6.45) is 2.96. The highest BCUT2D eigenvalue weighted by molar-refractivity contribution is 6.81. The number of nitrogens with zero attached hydrogens (tertiary/aromatic N) is 1. The summed E-state index contributed by atoms with van der Waals surface area (Å²) in [5.74, 6) is 0.369. The number of hydrogen-bond acceptors (Lipinski definition) is 1. The predicted molar refractivity (Wildman–Crippen MR) is 60.8 cm³/mol. The molecule has 1 unspecified atom stereocenters. The smallest absolute Gasteiger partial charge is 0.223 e. The zero-order chi connectivity index (χ0) is 10.3. The van der Waals surface area contributed by atoms with Gasteiger partial charge in [-0.25, -0.2) is 0 Å².